The van der Waals surface area contributed by atoms with E-state index < -0.39 is 0 Å². The number of imidazole rings is 1. The van der Waals surface area contributed by atoms with Crippen LogP contribution in [0.25, 0.3) is 0 Å². The van der Waals surface area contributed by atoms with Gasteiger partial charge in [-0.3, -0.25) is 4.79 Å². The molecule has 2 aromatic rings. The maximum absolute atomic E-state index is 11.7. The van der Waals surface area contributed by atoms with Crippen LogP contribution < -0.4 is 10.1 Å². The second kappa shape index (κ2) is 7.89. The van der Waals surface area contributed by atoms with Crippen LogP contribution in [0.4, 0.5) is 0 Å². The number of nitrogens with zero attached hydrogens (tertiary/aromatic N) is 2. The summed E-state index contributed by atoms with van der Waals surface area (Å²) in [6.07, 6.45) is 3.66. The SMILES string of the molecule is COc1ccccc1Cn1ccnc1SCC(=O)NC(C)C. The molecule has 6 heteroatoms. The van der Waals surface area contributed by atoms with Crippen LogP contribution in [-0.4, -0.2) is 34.4 Å². The van der Waals surface area contributed by atoms with Crippen LogP contribution in [0, 0.1) is 0 Å². The van der Waals surface area contributed by atoms with Crippen LogP contribution in [0.2, 0.25) is 0 Å². The smallest absolute Gasteiger partial charge is 0.230 e. The van der Waals surface area contributed by atoms with Gasteiger partial charge in [-0.2, -0.15) is 0 Å². The number of ether oxygens (including phenoxy) is 1. The highest BCUT2D eigenvalue weighted by Crippen LogP contribution is 2.22. The van der Waals surface area contributed by atoms with Crippen LogP contribution in [0.15, 0.2) is 41.8 Å². The largest absolute Gasteiger partial charge is 0.496 e. The molecule has 0 unspecified atom stereocenters. The minimum absolute atomic E-state index is 0.0202. The Morgan fingerprint density at radius 2 is 2.18 bits per heavy atom. The Hall–Kier alpha value is -1.95. The van der Waals surface area contributed by atoms with Gasteiger partial charge in [-0.05, 0) is 19.9 Å². The van der Waals surface area contributed by atoms with E-state index in [1.54, 1.807) is 13.3 Å². The van der Waals surface area contributed by atoms with Crippen molar-refractivity contribution in [2.24, 2.45) is 0 Å². The van der Waals surface area contributed by atoms with Crippen molar-refractivity contribution in [1.82, 2.24) is 14.9 Å². The van der Waals surface area contributed by atoms with E-state index in [9.17, 15) is 4.79 Å². The Morgan fingerprint density at radius 1 is 1.41 bits per heavy atom. The summed E-state index contributed by atoms with van der Waals surface area (Å²) >= 11 is 1.44. The van der Waals surface area contributed by atoms with Crippen LogP contribution in [0.5, 0.6) is 5.75 Å². The summed E-state index contributed by atoms with van der Waals surface area (Å²) in [5.74, 6) is 1.23. The zero-order valence-electron chi connectivity index (χ0n) is 13.1. The molecule has 0 bridgehead atoms. The zero-order valence-corrected chi connectivity index (χ0v) is 13.9. The molecule has 1 amide bonds. The van der Waals surface area contributed by atoms with Crippen molar-refractivity contribution in [2.75, 3.05) is 12.9 Å². The number of nitrogens with one attached hydrogen (secondary N) is 1. The van der Waals surface area contributed by atoms with Crippen molar-refractivity contribution >= 4 is 17.7 Å². The third-order valence-electron chi connectivity index (χ3n) is 2.99. The van der Waals surface area contributed by atoms with Gasteiger partial charge in [0.05, 0.1) is 19.4 Å². The van der Waals surface area contributed by atoms with Crippen molar-refractivity contribution < 1.29 is 9.53 Å². The number of rotatable bonds is 7. The lowest BCUT2D eigenvalue weighted by Crippen LogP contribution is -2.31. The molecule has 0 aliphatic rings. The summed E-state index contributed by atoms with van der Waals surface area (Å²) < 4.78 is 7.39. The first-order valence-electron chi connectivity index (χ1n) is 7.15. The Morgan fingerprint density at radius 3 is 2.91 bits per heavy atom. The maximum Gasteiger partial charge on any atom is 0.230 e. The molecule has 22 heavy (non-hydrogen) atoms. The summed E-state index contributed by atoms with van der Waals surface area (Å²) in [6, 6.07) is 8.05. The van der Waals surface area contributed by atoms with Gasteiger partial charge in [0.25, 0.3) is 0 Å². The van der Waals surface area contributed by atoms with E-state index >= 15 is 0 Å². The number of hydrogen-bond acceptors (Lipinski definition) is 4. The average Bonchev–Trinajstić information content (AvgIpc) is 2.92. The highest BCUT2D eigenvalue weighted by Gasteiger charge is 2.10. The summed E-state index contributed by atoms with van der Waals surface area (Å²) in [5, 5.41) is 3.70. The third-order valence-corrected chi connectivity index (χ3v) is 4.00. The number of carbonyl (C=O) groups is 1. The van der Waals surface area contributed by atoms with Gasteiger partial charge in [-0.15, -0.1) is 0 Å². The summed E-state index contributed by atoms with van der Waals surface area (Å²) in [7, 11) is 1.67. The van der Waals surface area contributed by atoms with E-state index in [4.69, 9.17) is 4.74 Å². The molecule has 0 saturated carbocycles. The van der Waals surface area contributed by atoms with Crippen molar-refractivity contribution in [3.63, 3.8) is 0 Å². The number of hydrogen-bond donors (Lipinski definition) is 1. The lowest BCUT2D eigenvalue weighted by atomic mass is 10.2. The zero-order chi connectivity index (χ0) is 15.9. The minimum Gasteiger partial charge on any atom is -0.496 e. The quantitative estimate of drug-likeness (QED) is 0.797. The van der Waals surface area contributed by atoms with Gasteiger partial charge in [-0.1, -0.05) is 30.0 Å². The van der Waals surface area contributed by atoms with Crippen LogP contribution in [0.1, 0.15) is 19.4 Å². The van der Waals surface area contributed by atoms with Crippen LogP contribution >= 0.6 is 11.8 Å². The van der Waals surface area contributed by atoms with Crippen molar-refractivity contribution in [3.05, 3.63) is 42.2 Å². The van der Waals surface area contributed by atoms with E-state index in [1.165, 1.54) is 11.8 Å². The van der Waals surface area contributed by atoms with Crippen molar-refractivity contribution in [3.8, 4) is 5.75 Å². The Kier molecular flexibility index (Phi) is 5.89. The molecule has 0 aliphatic carbocycles. The fraction of sp³-hybridized carbons (Fsp3) is 0.375. The molecule has 118 valence electrons. The molecule has 0 saturated heterocycles. The fourth-order valence-corrected chi connectivity index (χ4v) is 2.84. The van der Waals surface area contributed by atoms with Gasteiger partial charge in [0.2, 0.25) is 5.91 Å². The van der Waals surface area contributed by atoms with E-state index in [1.807, 2.05) is 48.9 Å². The third kappa shape index (κ3) is 4.53. The summed E-state index contributed by atoms with van der Waals surface area (Å²) in [4.78, 5) is 16.1. The van der Waals surface area contributed by atoms with Crippen molar-refractivity contribution in [2.45, 2.75) is 31.6 Å². The fourth-order valence-electron chi connectivity index (χ4n) is 2.07. The highest BCUT2D eigenvalue weighted by atomic mass is 32.2. The number of benzene rings is 1. The normalized spacial score (nSPS) is 10.7. The predicted molar refractivity (Wildman–Crippen MR) is 88.3 cm³/mol. The standard InChI is InChI=1S/C16H21N3O2S/c1-12(2)18-15(20)11-22-16-17-8-9-19(16)10-13-6-4-5-7-14(13)21-3/h4-9,12H,10-11H2,1-3H3,(H,18,20). The summed E-state index contributed by atoms with van der Waals surface area (Å²) in [5.41, 5.74) is 1.08. The van der Waals surface area contributed by atoms with Crippen molar-refractivity contribution in [1.29, 1.82) is 0 Å². The van der Waals surface area contributed by atoms with Crippen LogP contribution in [0.3, 0.4) is 0 Å². The van der Waals surface area contributed by atoms with E-state index in [0.717, 1.165) is 16.5 Å². The first kappa shape index (κ1) is 16.4. The molecule has 1 aromatic heterocycles. The lowest BCUT2D eigenvalue weighted by Gasteiger charge is -2.11. The van der Waals surface area contributed by atoms with Gasteiger partial charge in [0.15, 0.2) is 5.16 Å². The molecule has 0 spiro atoms. The second-order valence-electron chi connectivity index (χ2n) is 5.16. The van der Waals surface area contributed by atoms with Gasteiger partial charge in [-0.25, -0.2) is 4.98 Å². The Labute approximate surface area is 135 Å². The number of amides is 1. The Bertz CT molecular complexity index is 625. The highest BCUT2D eigenvalue weighted by molar-refractivity contribution is 7.99. The molecule has 1 aromatic carbocycles. The topological polar surface area (TPSA) is 56.2 Å². The Balaban J connectivity index is 2.02. The molecule has 5 nitrogen and oxygen atoms in total. The number of methoxy groups -OCH3 is 1. The lowest BCUT2D eigenvalue weighted by molar-refractivity contribution is -0.119. The van der Waals surface area contributed by atoms with Gasteiger partial charge >= 0.3 is 0 Å². The molecule has 1 N–H and O–H groups in total. The minimum atomic E-state index is 0.0202. The molecule has 0 radical (unpaired) electrons. The molecule has 0 atom stereocenters. The van der Waals surface area contributed by atoms with E-state index in [0.29, 0.717) is 12.3 Å². The van der Waals surface area contributed by atoms with E-state index in [2.05, 4.69) is 10.3 Å². The first-order chi connectivity index (χ1) is 10.6. The molecule has 0 fully saturated rings. The molecule has 0 aliphatic heterocycles. The van der Waals surface area contributed by atoms with Gasteiger partial charge in [0, 0.05) is 24.0 Å². The molecular formula is C16H21N3O2S. The maximum atomic E-state index is 11.7. The number of para-hydroxylation sites is 1. The number of thioether (sulfide) groups is 1. The monoisotopic (exact) mass is 319 g/mol. The van der Waals surface area contributed by atoms with Gasteiger partial charge in [0.1, 0.15) is 5.75 Å². The average molecular weight is 319 g/mol. The van der Waals surface area contributed by atoms with Gasteiger partial charge < -0.3 is 14.6 Å². The van der Waals surface area contributed by atoms with Crippen LogP contribution in [-0.2, 0) is 11.3 Å². The second-order valence-corrected chi connectivity index (χ2v) is 6.10. The first-order valence-corrected chi connectivity index (χ1v) is 8.14. The molecule has 2 rings (SSSR count). The predicted octanol–water partition coefficient (Wildman–Crippen LogP) is 2.56. The van der Waals surface area contributed by atoms with E-state index in [-0.39, 0.29) is 11.9 Å². The number of carbonyl (C=O) groups excluding carboxylic acids is 1. The molecular weight excluding hydrogens is 298 g/mol. The number of aromatic nitrogens is 2. The molecule has 1 heterocycles. The summed E-state index contributed by atoms with van der Waals surface area (Å²) in [6.45, 7) is 4.56.